The number of hydrogen-bond acceptors (Lipinski definition) is 7. The standard InChI is InChI=1S/C28H24N6O4S/c1-16(2)18-7-9-20(10-8-18)33-31-23-13-17(3)22(15-24(23)32-33)29-28(39)30-27(35)26-12-11-25(38-26)19-5-4-6-21(14-19)34(36)37/h4-16H,1-3H3,(H2,29,30,35,39). The molecule has 0 spiro atoms. The van der Waals surface area contributed by atoms with E-state index < -0.39 is 10.8 Å². The predicted molar refractivity (Wildman–Crippen MR) is 152 cm³/mol. The number of carbonyl (C=O) groups excluding carboxylic acids is 1. The van der Waals surface area contributed by atoms with Gasteiger partial charge in [0.25, 0.3) is 11.6 Å². The van der Waals surface area contributed by atoms with E-state index >= 15 is 0 Å². The van der Waals surface area contributed by atoms with Crippen LogP contribution in [0.5, 0.6) is 0 Å². The Kier molecular flexibility index (Phi) is 6.90. The highest BCUT2D eigenvalue weighted by Gasteiger charge is 2.16. The number of fused-ring (bicyclic) bond motifs is 1. The lowest BCUT2D eigenvalue weighted by Gasteiger charge is -2.10. The lowest BCUT2D eigenvalue weighted by molar-refractivity contribution is -0.384. The SMILES string of the molecule is Cc1cc2nn(-c3ccc(C(C)C)cc3)nc2cc1NC(=S)NC(=O)c1ccc(-c2cccc([N+](=O)[O-])c2)o1. The van der Waals surface area contributed by atoms with Crippen molar-refractivity contribution >= 4 is 45.6 Å². The Hall–Kier alpha value is -4.90. The Balaban J connectivity index is 1.28. The molecule has 0 unspecified atom stereocenters. The number of nitrogens with one attached hydrogen (secondary N) is 2. The highest BCUT2D eigenvalue weighted by Crippen LogP contribution is 2.26. The number of rotatable bonds is 6. The lowest BCUT2D eigenvalue weighted by atomic mass is 10.0. The molecule has 0 saturated carbocycles. The summed E-state index contributed by atoms with van der Waals surface area (Å²) in [7, 11) is 0. The summed E-state index contributed by atoms with van der Waals surface area (Å²) in [6.45, 7) is 6.19. The van der Waals surface area contributed by atoms with E-state index in [1.807, 2.05) is 31.2 Å². The van der Waals surface area contributed by atoms with Crippen LogP contribution >= 0.6 is 12.2 Å². The number of aromatic nitrogens is 3. The molecule has 0 aliphatic carbocycles. The van der Waals surface area contributed by atoms with Crippen molar-refractivity contribution in [2.45, 2.75) is 26.7 Å². The summed E-state index contributed by atoms with van der Waals surface area (Å²) in [5.41, 5.74) is 5.44. The van der Waals surface area contributed by atoms with Crippen molar-refractivity contribution in [1.29, 1.82) is 0 Å². The van der Waals surface area contributed by atoms with Crippen LogP contribution < -0.4 is 10.6 Å². The van der Waals surface area contributed by atoms with Gasteiger partial charge in [-0.15, -0.1) is 10.2 Å². The monoisotopic (exact) mass is 540 g/mol. The smallest absolute Gasteiger partial charge is 0.293 e. The van der Waals surface area contributed by atoms with Gasteiger partial charge in [-0.1, -0.05) is 38.1 Å². The molecule has 3 aromatic carbocycles. The fourth-order valence-corrected chi connectivity index (χ4v) is 4.22. The second-order valence-electron chi connectivity index (χ2n) is 9.27. The molecule has 1 amide bonds. The van der Waals surface area contributed by atoms with E-state index in [1.54, 1.807) is 23.0 Å². The highest BCUT2D eigenvalue weighted by atomic mass is 32.1. The van der Waals surface area contributed by atoms with Crippen molar-refractivity contribution in [3.05, 3.63) is 99.8 Å². The average Bonchev–Trinajstić information content (AvgIpc) is 3.57. The molecule has 39 heavy (non-hydrogen) atoms. The van der Waals surface area contributed by atoms with Gasteiger partial charge < -0.3 is 9.73 Å². The zero-order valence-corrected chi connectivity index (χ0v) is 22.2. The Morgan fingerprint density at radius 2 is 1.74 bits per heavy atom. The fourth-order valence-electron chi connectivity index (χ4n) is 4.02. The average molecular weight is 541 g/mol. The van der Waals surface area contributed by atoms with Crippen molar-refractivity contribution in [2.24, 2.45) is 0 Å². The molecule has 10 nitrogen and oxygen atoms in total. The number of hydrogen-bond donors (Lipinski definition) is 2. The topological polar surface area (TPSA) is 128 Å². The molecule has 5 aromatic rings. The van der Waals surface area contributed by atoms with Crippen molar-refractivity contribution < 1.29 is 14.1 Å². The van der Waals surface area contributed by atoms with Crippen LogP contribution in [0.15, 0.2) is 77.2 Å². The van der Waals surface area contributed by atoms with Gasteiger partial charge in [-0.05, 0) is 72.6 Å². The predicted octanol–water partition coefficient (Wildman–Crippen LogP) is 6.15. The van der Waals surface area contributed by atoms with Gasteiger partial charge in [0, 0.05) is 23.4 Å². The molecule has 0 fully saturated rings. The maximum Gasteiger partial charge on any atom is 0.293 e. The number of aryl methyl sites for hydroxylation is 1. The number of nitro benzene ring substituents is 1. The van der Waals surface area contributed by atoms with Crippen LogP contribution in [0.3, 0.4) is 0 Å². The minimum absolute atomic E-state index is 0.0132. The van der Waals surface area contributed by atoms with Crippen LogP contribution in [0.25, 0.3) is 28.0 Å². The summed E-state index contributed by atoms with van der Waals surface area (Å²) in [6.07, 6.45) is 0. The molecule has 0 atom stereocenters. The normalized spacial score (nSPS) is 11.1. The van der Waals surface area contributed by atoms with E-state index in [0.717, 1.165) is 16.8 Å². The highest BCUT2D eigenvalue weighted by molar-refractivity contribution is 7.80. The minimum atomic E-state index is -0.557. The van der Waals surface area contributed by atoms with Gasteiger partial charge in [0.2, 0.25) is 0 Å². The van der Waals surface area contributed by atoms with Gasteiger partial charge in [-0.2, -0.15) is 4.80 Å². The van der Waals surface area contributed by atoms with Gasteiger partial charge in [-0.25, -0.2) is 0 Å². The van der Waals surface area contributed by atoms with Crippen LogP contribution in [-0.4, -0.2) is 30.9 Å². The van der Waals surface area contributed by atoms with Crippen molar-refractivity contribution in [1.82, 2.24) is 20.3 Å². The summed E-state index contributed by atoms with van der Waals surface area (Å²) in [5.74, 6) is 0.218. The molecule has 2 N–H and O–H groups in total. The molecule has 2 aromatic heterocycles. The third-order valence-corrected chi connectivity index (χ3v) is 6.37. The number of nitro groups is 1. The Morgan fingerprint density at radius 3 is 2.44 bits per heavy atom. The first-order chi connectivity index (χ1) is 18.7. The molecule has 0 radical (unpaired) electrons. The molecule has 0 aliphatic heterocycles. The maximum absolute atomic E-state index is 12.7. The van der Waals surface area contributed by atoms with Gasteiger partial charge >= 0.3 is 0 Å². The van der Waals surface area contributed by atoms with Crippen LogP contribution in [0.2, 0.25) is 0 Å². The molecule has 5 rings (SSSR count). The van der Waals surface area contributed by atoms with Crippen LogP contribution in [0.1, 0.15) is 41.4 Å². The molecule has 0 saturated heterocycles. The zero-order valence-electron chi connectivity index (χ0n) is 21.3. The maximum atomic E-state index is 12.7. The number of anilines is 1. The number of non-ortho nitro benzene ring substituents is 1. The molecule has 2 heterocycles. The molecule has 0 aliphatic rings. The van der Waals surface area contributed by atoms with Crippen LogP contribution in [0.4, 0.5) is 11.4 Å². The molecular formula is C28H24N6O4S. The number of carbonyl (C=O) groups is 1. The van der Waals surface area contributed by atoms with E-state index in [4.69, 9.17) is 16.6 Å². The lowest BCUT2D eigenvalue weighted by Crippen LogP contribution is -2.34. The number of amides is 1. The summed E-state index contributed by atoms with van der Waals surface area (Å²) < 4.78 is 5.62. The molecular weight excluding hydrogens is 516 g/mol. The van der Waals surface area contributed by atoms with Crippen molar-refractivity contribution in [3.63, 3.8) is 0 Å². The summed E-state index contributed by atoms with van der Waals surface area (Å²) in [5, 5.41) is 26.0. The van der Waals surface area contributed by atoms with E-state index in [-0.39, 0.29) is 16.6 Å². The third-order valence-electron chi connectivity index (χ3n) is 6.16. The number of thiocarbonyl (C=S) groups is 1. The second-order valence-corrected chi connectivity index (χ2v) is 9.68. The van der Waals surface area contributed by atoms with Gasteiger partial charge in [0.1, 0.15) is 16.8 Å². The largest absolute Gasteiger partial charge is 0.451 e. The van der Waals surface area contributed by atoms with Crippen LogP contribution in [0, 0.1) is 17.0 Å². The summed E-state index contributed by atoms with van der Waals surface area (Å²) in [6, 6.07) is 20.9. The summed E-state index contributed by atoms with van der Waals surface area (Å²) >= 11 is 5.35. The van der Waals surface area contributed by atoms with E-state index in [0.29, 0.717) is 28.4 Å². The molecule has 196 valence electrons. The molecule has 0 bridgehead atoms. The Bertz CT molecular complexity index is 1720. The van der Waals surface area contributed by atoms with Crippen molar-refractivity contribution in [3.8, 4) is 17.0 Å². The zero-order chi connectivity index (χ0) is 27.7. The van der Waals surface area contributed by atoms with Crippen molar-refractivity contribution in [2.75, 3.05) is 5.32 Å². The third kappa shape index (κ3) is 5.53. The van der Waals surface area contributed by atoms with E-state index in [2.05, 4.69) is 46.8 Å². The first kappa shape index (κ1) is 25.7. The molecule has 11 heteroatoms. The van der Waals surface area contributed by atoms with Gasteiger partial charge in [0.05, 0.1) is 10.6 Å². The minimum Gasteiger partial charge on any atom is -0.451 e. The number of benzene rings is 3. The first-order valence-corrected chi connectivity index (χ1v) is 12.5. The Morgan fingerprint density at radius 1 is 1.03 bits per heavy atom. The van der Waals surface area contributed by atoms with E-state index in [1.165, 1.54) is 23.8 Å². The Labute approximate surface area is 228 Å². The van der Waals surface area contributed by atoms with Gasteiger partial charge in [0.15, 0.2) is 10.9 Å². The number of furan rings is 1. The van der Waals surface area contributed by atoms with E-state index in [9.17, 15) is 14.9 Å². The second kappa shape index (κ2) is 10.5. The van der Waals surface area contributed by atoms with Crippen LogP contribution in [-0.2, 0) is 0 Å². The fraction of sp³-hybridized carbons (Fsp3) is 0.143. The first-order valence-electron chi connectivity index (χ1n) is 12.1. The quantitative estimate of drug-likeness (QED) is 0.149. The van der Waals surface area contributed by atoms with Gasteiger partial charge in [-0.3, -0.25) is 20.2 Å². The number of nitrogens with zero attached hydrogens (tertiary/aromatic N) is 4. The summed E-state index contributed by atoms with van der Waals surface area (Å²) in [4.78, 5) is 24.9.